The van der Waals surface area contributed by atoms with Crippen LogP contribution in [0.25, 0.3) is 0 Å². The van der Waals surface area contributed by atoms with E-state index in [9.17, 15) is 31.1 Å². The fourth-order valence-corrected chi connectivity index (χ4v) is 0.343. The maximum atomic E-state index is 12.0. The van der Waals surface area contributed by atoms with E-state index in [1.165, 1.54) is 0 Å². The van der Waals surface area contributed by atoms with Crippen LogP contribution in [0.4, 0.5) is 26.3 Å². The molecule has 0 aliphatic rings. The number of carbonyl (C=O) groups is 1. The quantitative estimate of drug-likeness (QED) is 0.638. The van der Waals surface area contributed by atoms with Crippen LogP contribution >= 0.6 is 15.9 Å². The zero-order chi connectivity index (χ0) is 11.8. The van der Waals surface area contributed by atoms with Crippen molar-refractivity contribution in [3.8, 4) is 0 Å². The minimum Gasteiger partial charge on any atom is -0.475 e. The molecule has 0 aliphatic heterocycles. The molecular formula is C4HBrF6O3. The number of hydrogen-bond acceptors (Lipinski definition) is 2. The minimum absolute atomic E-state index is 1.07. The van der Waals surface area contributed by atoms with Crippen molar-refractivity contribution in [2.24, 2.45) is 0 Å². The molecule has 0 aromatic carbocycles. The van der Waals surface area contributed by atoms with Crippen LogP contribution in [-0.4, -0.2) is 28.1 Å². The molecule has 10 heteroatoms. The highest BCUT2D eigenvalue weighted by molar-refractivity contribution is 9.10. The summed E-state index contributed by atoms with van der Waals surface area (Å²) >= 11 is 1.07. The van der Waals surface area contributed by atoms with Crippen LogP contribution in [0.3, 0.4) is 0 Å². The Bertz CT molecular complexity index is 236. The average Bonchev–Trinajstić information content (AvgIpc) is 1.80. The number of aliphatic carboxylic acids is 1. The number of alkyl halides is 7. The summed E-state index contributed by atoms with van der Waals surface area (Å²) in [4.78, 5) is 4.46. The molecule has 0 saturated carbocycles. The lowest BCUT2D eigenvalue weighted by molar-refractivity contribution is -0.399. The largest absolute Gasteiger partial charge is 0.475 e. The average molecular weight is 291 g/mol. The van der Waals surface area contributed by atoms with Crippen molar-refractivity contribution in [1.82, 2.24) is 0 Å². The van der Waals surface area contributed by atoms with Crippen molar-refractivity contribution < 1.29 is 41.0 Å². The van der Waals surface area contributed by atoms with E-state index < -0.39 is 23.0 Å². The van der Waals surface area contributed by atoms with E-state index in [1.54, 1.807) is 0 Å². The Morgan fingerprint density at radius 1 is 1.14 bits per heavy atom. The molecule has 0 aromatic rings. The van der Waals surface area contributed by atoms with E-state index in [0.717, 1.165) is 15.9 Å². The lowest BCUT2D eigenvalue weighted by Gasteiger charge is -2.23. The van der Waals surface area contributed by atoms with Crippen LogP contribution in [0.15, 0.2) is 0 Å². The van der Waals surface area contributed by atoms with Gasteiger partial charge < -0.3 is 5.11 Å². The summed E-state index contributed by atoms with van der Waals surface area (Å²) in [6, 6.07) is 0. The van der Waals surface area contributed by atoms with E-state index in [-0.39, 0.29) is 0 Å². The number of rotatable bonds is 4. The number of carboxylic acid groups (broad SMARTS) is 1. The van der Waals surface area contributed by atoms with Crippen LogP contribution in [-0.2, 0) is 9.53 Å². The lowest BCUT2D eigenvalue weighted by Crippen LogP contribution is -2.46. The molecule has 84 valence electrons. The standard InChI is InChI=1S/C4HBrF6O3/c5-3(8,9)4(10,11)14-2(6,7)1(12)13/h(H,12,13). The van der Waals surface area contributed by atoms with E-state index in [4.69, 9.17) is 5.11 Å². The van der Waals surface area contributed by atoms with Gasteiger partial charge in [-0.3, -0.25) is 0 Å². The Kier molecular flexibility index (Phi) is 3.44. The van der Waals surface area contributed by atoms with Gasteiger partial charge in [-0.2, -0.15) is 26.3 Å². The van der Waals surface area contributed by atoms with Gasteiger partial charge in [-0.05, 0) is 0 Å². The SMILES string of the molecule is O=C(O)C(F)(F)OC(F)(F)C(F)(F)Br. The minimum atomic E-state index is -5.64. The highest BCUT2D eigenvalue weighted by Crippen LogP contribution is 2.43. The Labute approximate surface area is 80.8 Å². The van der Waals surface area contributed by atoms with Gasteiger partial charge in [0.1, 0.15) is 0 Å². The van der Waals surface area contributed by atoms with E-state index in [1.807, 2.05) is 0 Å². The maximum Gasteiger partial charge on any atom is 0.460 e. The van der Waals surface area contributed by atoms with Gasteiger partial charge in [0.15, 0.2) is 0 Å². The summed E-state index contributed by atoms with van der Waals surface area (Å²) in [6.07, 6.45) is -11.0. The molecule has 3 nitrogen and oxygen atoms in total. The Balaban J connectivity index is 4.76. The fraction of sp³-hybridized carbons (Fsp3) is 0.750. The van der Waals surface area contributed by atoms with Gasteiger partial charge in [-0.15, -0.1) is 0 Å². The first-order valence-electron chi connectivity index (χ1n) is 2.66. The summed E-state index contributed by atoms with van der Waals surface area (Å²) in [5.41, 5.74) is 0. The Morgan fingerprint density at radius 2 is 1.50 bits per heavy atom. The van der Waals surface area contributed by atoms with Gasteiger partial charge >= 0.3 is 23.0 Å². The molecule has 0 heterocycles. The van der Waals surface area contributed by atoms with Crippen molar-refractivity contribution in [2.45, 2.75) is 17.0 Å². The molecule has 0 rings (SSSR count). The van der Waals surface area contributed by atoms with Crippen molar-refractivity contribution >= 4 is 21.9 Å². The molecule has 0 bridgehead atoms. The van der Waals surface area contributed by atoms with Crippen LogP contribution in [0, 0.1) is 0 Å². The zero-order valence-corrected chi connectivity index (χ0v) is 7.50. The lowest BCUT2D eigenvalue weighted by atomic mass is 10.6. The highest BCUT2D eigenvalue weighted by atomic mass is 79.9. The van der Waals surface area contributed by atoms with Crippen molar-refractivity contribution in [2.75, 3.05) is 0 Å². The number of hydrogen-bond donors (Lipinski definition) is 1. The summed E-state index contributed by atoms with van der Waals surface area (Å²) < 4.78 is 73.7. The highest BCUT2D eigenvalue weighted by Gasteiger charge is 2.63. The van der Waals surface area contributed by atoms with E-state index >= 15 is 0 Å². The summed E-state index contributed by atoms with van der Waals surface area (Å²) in [5, 5.41) is 7.60. The summed E-state index contributed by atoms with van der Waals surface area (Å²) in [5.74, 6) is -3.10. The second kappa shape index (κ2) is 3.57. The third kappa shape index (κ3) is 3.01. The maximum absolute atomic E-state index is 12.0. The van der Waals surface area contributed by atoms with Gasteiger partial charge in [-0.25, -0.2) is 9.53 Å². The normalized spacial score (nSPS) is 14.2. The molecule has 0 amide bonds. The van der Waals surface area contributed by atoms with Gasteiger partial charge in [0.2, 0.25) is 0 Å². The van der Waals surface area contributed by atoms with E-state index in [0.29, 0.717) is 0 Å². The first kappa shape index (κ1) is 13.5. The first-order valence-corrected chi connectivity index (χ1v) is 3.45. The Hall–Kier alpha value is -0.510. The van der Waals surface area contributed by atoms with Crippen LogP contribution in [0.2, 0.25) is 0 Å². The van der Waals surface area contributed by atoms with Gasteiger partial charge in [0, 0.05) is 15.9 Å². The van der Waals surface area contributed by atoms with Crippen molar-refractivity contribution in [3.63, 3.8) is 0 Å². The van der Waals surface area contributed by atoms with Gasteiger partial charge in [-0.1, -0.05) is 0 Å². The van der Waals surface area contributed by atoms with Gasteiger partial charge in [0.05, 0.1) is 0 Å². The van der Waals surface area contributed by atoms with Crippen LogP contribution in [0.5, 0.6) is 0 Å². The van der Waals surface area contributed by atoms with Gasteiger partial charge in [0.25, 0.3) is 0 Å². The topological polar surface area (TPSA) is 46.5 Å². The third-order valence-corrected chi connectivity index (χ3v) is 1.30. The second-order valence-corrected chi connectivity index (χ2v) is 2.93. The molecule has 0 atom stereocenters. The van der Waals surface area contributed by atoms with E-state index in [2.05, 4.69) is 4.74 Å². The Morgan fingerprint density at radius 3 is 1.71 bits per heavy atom. The molecule has 0 fully saturated rings. The smallest absolute Gasteiger partial charge is 0.460 e. The molecule has 0 unspecified atom stereocenters. The molecule has 0 spiro atoms. The third-order valence-electron chi connectivity index (χ3n) is 0.835. The molecule has 0 radical (unpaired) electrons. The number of halogens is 7. The number of ether oxygens (including phenoxy) is 1. The molecule has 14 heavy (non-hydrogen) atoms. The molecular weight excluding hydrogens is 290 g/mol. The zero-order valence-electron chi connectivity index (χ0n) is 5.91. The predicted molar refractivity (Wildman–Crippen MR) is 32.5 cm³/mol. The second-order valence-electron chi connectivity index (χ2n) is 1.94. The summed E-state index contributed by atoms with van der Waals surface area (Å²) in [6.45, 7) is 0. The molecule has 0 aliphatic carbocycles. The molecule has 1 N–H and O–H groups in total. The predicted octanol–water partition coefficient (Wildman–Crippen LogP) is 2.26. The molecule has 0 saturated heterocycles. The van der Waals surface area contributed by atoms with Crippen molar-refractivity contribution in [1.29, 1.82) is 0 Å². The first-order chi connectivity index (χ1) is 5.90. The summed E-state index contributed by atoms with van der Waals surface area (Å²) in [7, 11) is 0. The molecule has 0 aromatic heterocycles. The fourth-order valence-electron chi connectivity index (χ4n) is 0.263. The number of carboxylic acids is 1. The van der Waals surface area contributed by atoms with Crippen molar-refractivity contribution in [3.05, 3.63) is 0 Å². The van der Waals surface area contributed by atoms with Crippen LogP contribution < -0.4 is 0 Å². The monoisotopic (exact) mass is 290 g/mol. The van der Waals surface area contributed by atoms with Crippen LogP contribution in [0.1, 0.15) is 0 Å².